The van der Waals surface area contributed by atoms with E-state index in [1.54, 1.807) is 36.7 Å². The zero-order valence-electron chi connectivity index (χ0n) is 20.1. The Morgan fingerprint density at radius 2 is 1.73 bits per heavy atom. The highest BCUT2D eigenvalue weighted by Gasteiger charge is 2.29. The van der Waals surface area contributed by atoms with Gasteiger partial charge in [-0.15, -0.1) is 11.3 Å². The number of para-hydroxylation sites is 2. The highest BCUT2D eigenvalue weighted by Crippen LogP contribution is 2.33. The molecule has 1 heterocycles. The fraction of sp³-hybridized carbons (Fsp3) is 0.154. The summed E-state index contributed by atoms with van der Waals surface area (Å²) in [6.07, 6.45) is 0. The first-order valence-corrected chi connectivity index (χ1v) is 13.5. The lowest BCUT2D eigenvalue weighted by molar-refractivity contribution is 0.0707. The largest absolute Gasteiger partial charge is 0.490 e. The van der Waals surface area contributed by atoms with Crippen LogP contribution in [0.25, 0.3) is 10.1 Å². The summed E-state index contributed by atoms with van der Waals surface area (Å²) in [7, 11) is -2.83. The van der Waals surface area contributed by atoms with E-state index in [4.69, 9.17) is 9.94 Å². The SMILES string of the molecule is Cc1cccc(C(=O)NO)c1N(C)S(=O)(=O)c1ccccc1OCCNC(=O)c1cc2ccccc2s1. The third-order valence-electron chi connectivity index (χ3n) is 5.68. The minimum Gasteiger partial charge on any atom is -0.490 e. The van der Waals surface area contributed by atoms with Crippen molar-refractivity contribution in [3.8, 4) is 5.75 Å². The Balaban J connectivity index is 1.48. The quantitative estimate of drug-likeness (QED) is 0.168. The molecule has 37 heavy (non-hydrogen) atoms. The van der Waals surface area contributed by atoms with Crippen LogP contribution in [0.3, 0.4) is 0 Å². The first kappa shape index (κ1) is 26.1. The van der Waals surface area contributed by atoms with Gasteiger partial charge >= 0.3 is 0 Å². The molecule has 4 rings (SSSR count). The van der Waals surface area contributed by atoms with Gasteiger partial charge in [0.1, 0.15) is 17.3 Å². The van der Waals surface area contributed by atoms with Crippen LogP contribution in [-0.2, 0) is 10.0 Å². The van der Waals surface area contributed by atoms with Crippen molar-refractivity contribution in [3.05, 3.63) is 88.8 Å². The van der Waals surface area contributed by atoms with E-state index >= 15 is 0 Å². The molecule has 0 unspecified atom stereocenters. The minimum atomic E-state index is -4.16. The van der Waals surface area contributed by atoms with E-state index in [0.717, 1.165) is 14.4 Å². The summed E-state index contributed by atoms with van der Waals surface area (Å²) in [6.45, 7) is 1.86. The summed E-state index contributed by atoms with van der Waals surface area (Å²) >= 11 is 1.39. The summed E-state index contributed by atoms with van der Waals surface area (Å²) in [5, 5.41) is 12.9. The van der Waals surface area contributed by atoms with Gasteiger partial charge in [-0.3, -0.25) is 19.1 Å². The van der Waals surface area contributed by atoms with Gasteiger partial charge in [0.2, 0.25) is 0 Å². The van der Waals surface area contributed by atoms with E-state index in [2.05, 4.69) is 5.32 Å². The molecule has 0 atom stereocenters. The maximum atomic E-state index is 13.6. The second-order valence-corrected chi connectivity index (χ2v) is 11.1. The highest BCUT2D eigenvalue weighted by molar-refractivity contribution is 7.93. The summed E-state index contributed by atoms with van der Waals surface area (Å²) < 4.78 is 34.9. The number of hydrogen-bond donors (Lipinski definition) is 3. The lowest BCUT2D eigenvalue weighted by Gasteiger charge is -2.24. The second kappa shape index (κ2) is 11.0. The molecule has 4 aromatic rings. The van der Waals surface area contributed by atoms with Gasteiger partial charge in [-0.2, -0.15) is 0 Å². The number of anilines is 1. The van der Waals surface area contributed by atoms with Gasteiger partial charge in [0.25, 0.3) is 21.8 Å². The summed E-state index contributed by atoms with van der Waals surface area (Å²) in [5.74, 6) is -0.966. The number of amides is 2. The molecule has 0 fully saturated rings. The Bertz CT molecular complexity index is 1530. The molecule has 0 saturated heterocycles. The predicted molar refractivity (Wildman–Crippen MR) is 142 cm³/mol. The smallest absolute Gasteiger partial charge is 0.276 e. The number of nitrogens with zero attached hydrogens (tertiary/aromatic N) is 1. The standard InChI is InChI=1S/C26H25N3O6S2/c1-17-8-7-10-19(25(30)28-32)24(17)29(2)37(33,34)23-13-6-4-11-20(23)35-15-14-27-26(31)22-16-18-9-3-5-12-21(18)36-22/h3-13,16,32H,14-15H2,1-2H3,(H,27,31)(H,28,30). The van der Waals surface area contributed by atoms with Crippen LogP contribution in [0.2, 0.25) is 0 Å². The van der Waals surface area contributed by atoms with Crippen molar-refractivity contribution in [2.45, 2.75) is 11.8 Å². The number of hydroxylamine groups is 1. The van der Waals surface area contributed by atoms with Gasteiger partial charge in [0.15, 0.2) is 0 Å². The average Bonchev–Trinajstić information content (AvgIpc) is 3.35. The number of hydrogen-bond acceptors (Lipinski definition) is 7. The zero-order valence-corrected chi connectivity index (χ0v) is 21.7. The maximum absolute atomic E-state index is 13.6. The normalized spacial score (nSPS) is 11.2. The number of ether oxygens (including phenoxy) is 1. The third-order valence-corrected chi connectivity index (χ3v) is 8.59. The van der Waals surface area contributed by atoms with Crippen LogP contribution in [0.5, 0.6) is 5.75 Å². The molecule has 11 heteroatoms. The zero-order chi connectivity index (χ0) is 26.6. The van der Waals surface area contributed by atoms with Crippen molar-refractivity contribution in [2.75, 3.05) is 24.5 Å². The van der Waals surface area contributed by atoms with Crippen molar-refractivity contribution in [2.24, 2.45) is 0 Å². The topological polar surface area (TPSA) is 125 Å². The molecule has 0 aliphatic carbocycles. The Labute approximate surface area is 218 Å². The number of sulfonamides is 1. The maximum Gasteiger partial charge on any atom is 0.276 e. The number of benzene rings is 3. The molecule has 2 amide bonds. The monoisotopic (exact) mass is 539 g/mol. The molecule has 0 aliphatic rings. The summed E-state index contributed by atoms with van der Waals surface area (Å²) in [4.78, 5) is 25.2. The molecule has 0 radical (unpaired) electrons. The lowest BCUT2D eigenvalue weighted by Crippen LogP contribution is -2.31. The van der Waals surface area contributed by atoms with Crippen molar-refractivity contribution in [1.29, 1.82) is 0 Å². The Morgan fingerprint density at radius 1 is 1.00 bits per heavy atom. The Hall–Kier alpha value is -3.93. The lowest BCUT2D eigenvalue weighted by atomic mass is 10.1. The van der Waals surface area contributed by atoms with Gasteiger partial charge in [0.05, 0.1) is 22.7 Å². The molecule has 9 nitrogen and oxygen atoms in total. The van der Waals surface area contributed by atoms with Crippen LogP contribution >= 0.6 is 11.3 Å². The molecular formula is C26H25N3O6S2. The van der Waals surface area contributed by atoms with Gasteiger partial charge < -0.3 is 10.1 Å². The number of carbonyl (C=O) groups is 2. The molecule has 0 spiro atoms. The fourth-order valence-electron chi connectivity index (χ4n) is 3.88. The number of aryl methyl sites for hydroxylation is 1. The van der Waals surface area contributed by atoms with Crippen LogP contribution in [0.1, 0.15) is 25.6 Å². The molecule has 0 bridgehead atoms. The number of thiophene rings is 1. The van der Waals surface area contributed by atoms with E-state index in [1.165, 1.54) is 36.6 Å². The van der Waals surface area contributed by atoms with Crippen LogP contribution in [0.4, 0.5) is 5.69 Å². The van der Waals surface area contributed by atoms with E-state index in [0.29, 0.717) is 10.4 Å². The van der Waals surface area contributed by atoms with Crippen molar-refractivity contribution in [1.82, 2.24) is 10.8 Å². The summed E-state index contributed by atoms with van der Waals surface area (Å²) in [6, 6.07) is 20.3. The van der Waals surface area contributed by atoms with Gasteiger partial charge in [0, 0.05) is 11.7 Å². The minimum absolute atomic E-state index is 0.00377. The fourth-order valence-corrected chi connectivity index (χ4v) is 6.27. The number of nitrogens with one attached hydrogen (secondary N) is 2. The van der Waals surface area contributed by atoms with Crippen LogP contribution in [0, 0.1) is 6.92 Å². The van der Waals surface area contributed by atoms with Gasteiger partial charge in [-0.1, -0.05) is 42.5 Å². The Kier molecular flexibility index (Phi) is 7.77. The molecule has 0 aliphatic heterocycles. The third kappa shape index (κ3) is 5.43. The molecular weight excluding hydrogens is 514 g/mol. The predicted octanol–water partition coefficient (Wildman–Crippen LogP) is 3.96. The molecule has 3 N–H and O–H groups in total. The first-order valence-electron chi connectivity index (χ1n) is 11.3. The van der Waals surface area contributed by atoms with Crippen LogP contribution in [-0.4, -0.2) is 45.6 Å². The van der Waals surface area contributed by atoms with Crippen molar-refractivity contribution in [3.63, 3.8) is 0 Å². The number of rotatable bonds is 9. The van der Waals surface area contributed by atoms with E-state index < -0.39 is 15.9 Å². The average molecular weight is 540 g/mol. The molecule has 0 saturated carbocycles. The number of fused-ring (bicyclic) bond motifs is 1. The van der Waals surface area contributed by atoms with Gasteiger partial charge in [-0.05, 0) is 48.2 Å². The van der Waals surface area contributed by atoms with Crippen LogP contribution in [0.15, 0.2) is 77.7 Å². The Morgan fingerprint density at radius 3 is 2.49 bits per heavy atom. The highest BCUT2D eigenvalue weighted by atomic mass is 32.2. The second-order valence-electron chi connectivity index (χ2n) is 8.08. The van der Waals surface area contributed by atoms with Crippen molar-refractivity contribution < 1.29 is 28.0 Å². The first-order chi connectivity index (χ1) is 17.7. The molecule has 3 aromatic carbocycles. The van der Waals surface area contributed by atoms with E-state index in [1.807, 2.05) is 30.3 Å². The van der Waals surface area contributed by atoms with Crippen molar-refractivity contribution >= 4 is 48.9 Å². The molecule has 192 valence electrons. The summed E-state index contributed by atoms with van der Waals surface area (Å²) in [5.41, 5.74) is 2.19. The molecule has 1 aromatic heterocycles. The van der Waals surface area contributed by atoms with Gasteiger partial charge in [-0.25, -0.2) is 13.9 Å². The van der Waals surface area contributed by atoms with E-state index in [9.17, 15) is 18.0 Å². The number of carbonyl (C=O) groups excluding carboxylic acids is 2. The van der Waals surface area contributed by atoms with E-state index in [-0.39, 0.29) is 41.0 Å². The van der Waals surface area contributed by atoms with Crippen LogP contribution < -0.4 is 19.8 Å².